The predicted molar refractivity (Wildman–Crippen MR) is 83.3 cm³/mol. The van der Waals surface area contributed by atoms with E-state index in [-0.39, 0.29) is 22.5 Å². The average Bonchev–Trinajstić information content (AvgIpc) is 2.29. The molecule has 0 atom stereocenters. The maximum absolute atomic E-state index is 13.3. The second kappa shape index (κ2) is 5.16. The topological polar surface area (TPSA) is 66.0 Å². The first-order chi connectivity index (χ1) is 9.18. The molecule has 0 aliphatic carbocycles. The highest BCUT2D eigenvalue weighted by Gasteiger charge is 2.22. The van der Waals surface area contributed by atoms with E-state index in [1.807, 2.05) is 43.4 Å². The lowest BCUT2D eigenvalue weighted by molar-refractivity contribution is 0.469. The van der Waals surface area contributed by atoms with Gasteiger partial charge in [0.05, 0.1) is 5.69 Å². The predicted octanol–water partition coefficient (Wildman–Crippen LogP) is 3.18. The molecule has 0 amide bonds. The fraction of sp³-hybridized carbons (Fsp3) is 0.286. The molecule has 0 aliphatic heterocycles. The van der Waals surface area contributed by atoms with Crippen molar-refractivity contribution in [1.29, 1.82) is 0 Å². The van der Waals surface area contributed by atoms with Gasteiger partial charge >= 0.3 is 0 Å². The number of phenolic OH excluding ortho intramolecular Hbond substituents is 1. The van der Waals surface area contributed by atoms with E-state index in [0.29, 0.717) is 14.8 Å². The quantitative estimate of drug-likeness (QED) is 0.738. The van der Waals surface area contributed by atoms with Crippen LogP contribution in [0.3, 0.4) is 0 Å². The molecule has 0 radical (unpaired) electrons. The van der Waals surface area contributed by atoms with Gasteiger partial charge in [0.25, 0.3) is 5.56 Å². The van der Waals surface area contributed by atoms with Crippen molar-refractivity contribution in [3.05, 3.63) is 43.6 Å². The van der Waals surface area contributed by atoms with E-state index in [4.69, 9.17) is 0 Å². The lowest BCUT2D eigenvalue weighted by Gasteiger charge is -2.19. The zero-order chi connectivity index (χ0) is 15.1. The summed E-state index contributed by atoms with van der Waals surface area (Å²) in [5, 5.41) is 9.45. The van der Waals surface area contributed by atoms with E-state index < -0.39 is 5.82 Å². The number of phenols is 1. The third-order valence-corrected chi connectivity index (χ3v) is 3.73. The Labute approximate surface area is 129 Å². The van der Waals surface area contributed by atoms with Crippen LogP contribution in [0.5, 0.6) is 5.75 Å². The van der Waals surface area contributed by atoms with Crippen LogP contribution in [-0.2, 0) is 5.41 Å². The third-order valence-electron chi connectivity index (χ3n) is 2.73. The van der Waals surface area contributed by atoms with Gasteiger partial charge in [0.15, 0.2) is 0 Å². The number of nitrogens with one attached hydrogen (secondary N) is 1. The zero-order valence-corrected chi connectivity index (χ0v) is 13.4. The Hall–Kier alpha value is -1.44. The van der Waals surface area contributed by atoms with Crippen molar-refractivity contribution in [3.8, 4) is 17.1 Å². The first-order valence-electron chi connectivity index (χ1n) is 5.98. The minimum Gasteiger partial charge on any atom is -0.508 e. The van der Waals surface area contributed by atoms with Crippen molar-refractivity contribution >= 4 is 22.6 Å². The molecule has 6 heteroatoms. The van der Waals surface area contributed by atoms with Gasteiger partial charge in [-0.15, -0.1) is 0 Å². The molecule has 20 heavy (non-hydrogen) atoms. The summed E-state index contributed by atoms with van der Waals surface area (Å²) in [6.07, 6.45) is 0. The molecule has 2 rings (SSSR count). The Morgan fingerprint density at radius 1 is 1.30 bits per heavy atom. The molecule has 0 saturated heterocycles. The highest BCUT2D eigenvalue weighted by Crippen LogP contribution is 2.27. The van der Waals surface area contributed by atoms with Gasteiger partial charge in [0.1, 0.15) is 21.0 Å². The highest BCUT2D eigenvalue weighted by atomic mass is 127. The Morgan fingerprint density at radius 3 is 2.50 bits per heavy atom. The Bertz CT molecular complexity index is 700. The average molecular weight is 388 g/mol. The van der Waals surface area contributed by atoms with Gasteiger partial charge in [-0.05, 0) is 34.7 Å². The monoisotopic (exact) mass is 388 g/mol. The van der Waals surface area contributed by atoms with Crippen molar-refractivity contribution in [2.75, 3.05) is 0 Å². The summed E-state index contributed by atoms with van der Waals surface area (Å²) in [5.41, 5.74) is 0.390. The van der Waals surface area contributed by atoms with Crippen LogP contribution in [0.15, 0.2) is 23.0 Å². The fourth-order valence-corrected chi connectivity index (χ4v) is 2.87. The molecule has 0 aliphatic rings. The Morgan fingerprint density at radius 2 is 1.95 bits per heavy atom. The number of aromatic amines is 1. The summed E-state index contributed by atoms with van der Waals surface area (Å²) in [7, 11) is 0. The first-order valence-corrected chi connectivity index (χ1v) is 7.06. The molecule has 4 nitrogen and oxygen atoms in total. The van der Waals surface area contributed by atoms with E-state index in [1.165, 1.54) is 12.1 Å². The number of aromatic hydroxyl groups is 1. The van der Waals surface area contributed by atoms with Crippen LogP contribution in [0.4, 0.5) is 4.39 Å². The lowest BCUT2D eigenvalue weighted by atomic mass is 9.92. The second-order valence-electron chi connectivity index (χ2n) is 5.53. The van der Waals surface area contributed by atoms with Crippen LogP contribution in [0.1, 0.15) is 26.5 Å². The van der Waals surface area contributed by atoms with Gasteiger partial charge < -0.3 is 10.1 Å². The maximum Gasteiger partial charge on any atom is 0.264 e. The number of hydrogen-bond donors (Lipinski definition) is 2. The van der Waals surface area contributed by atoms with Gasteiger partial charge in [-0.3, -0.25) is 4.79 Å². The SMILES string of the molecule is CC(C)(C)c1nc(-c2cc(O)cc(F)c2)[nH]c(=O)c1I. The number of H-pyrrole nitrogens is 1. The molecule has 0 spiro atoms. The van der Waals surface area contributed by atoms with Crippen LogP contribution in [0.25, 0.3) is 11.4 Å². The van der Waals surface area contributed by atoms with Crippen molar-refractivity contribution in [2.24, 2.45) is 0 Å². The number of halogens is 2. The number of aromatic nitrogens is 2. The maximum atomic E-state index is 13.3. The summed E-state index contributed by atoms with van der Waals surface area (Å²) in [6, 6.07) is 3.58. The summed E-state index contributed by atoms with van der Waals surface area (Å²) < 4.78 is 13.9. The van der Waals surface area contributed by atoms with Gasteiger partial charge in [0.2, 0.25) is 0 Å². The molecule has 1 heterocycles. The molecule has 1 aromatic heterocycles. The standard InChI is InChI=1S/C14H14FIN2O2/c1-14(2,3)11-10(16)13(20)18-12(17-11)7-4-8(15)6-9(19)5-7/h4-6,19H,1-3H3,(H,17,18,20). The van der Waals surface area contributed by atoms with E-state index >= 15 is 0 Å². The van der Waals surface area contributed by atoms with Gasteiger partial charge in [-0.1, -0.05) is 20.8 Å². The molecule has 0 bridgehead atoms. The minimum absolute atomic E-state index is 0.210. The van der Waals surface area contributed by atoms with Crippen LogP contribution >= 0.6 is 22.6 Å². The van der Waals surface area contributed by atoms with Crippen LogP contribution in [0.2, 0.25) is 0 Å². The van der Waals surface area contributed by atoms with Crippen LogP contribution in [0, 0.1) is 9.39 Å². The molecule has 0 saturated carbocycles. The summed E-state index contributed by atoms with van der Waals surface area (Å²) in [6.45, 7) is 5.84. The van der Waals surface area contributed by atoms with Gasteiger partial charge in [-0.2, -0.15) is 0 Å². The molecule has 106 valence electrons. The van der Waals surface area contributed by atoms with E-state index in [9.17, 15) is 14.3 Å². The molecular formula is C14H14FIN2O2. The zero-order valence-electron chi connectivity index (χ0n) is 11.3. The summed E-state index contributed by atoms with van der Waals surface area (Å²) in [5.74, 6) is -0.549. The van der Waals surface area contributed by atoms with Gasteiger partial charge in [-0.25, -0.2) is 9.37 Å². The summed E-state index contributed by atoms with van der Waals surface area (Å²) >= 11 is 1.95. The molecule has 1 aromatic carbocycles. The highest BCUT2D eigenvalue weighted by molar-refractivity contribution is 14.1. The van der Waals surface area contributed by atoms with Crippen LogP contribution < -0.4 is 5.56 Å². The largest absolute Gasteiger partial charge is 0.508 e. The van der Waals surface area contributed by atoms with Gasteiger partial charge in [0, 0.05) is 17.0 Å². The minimum atomic E-state index is -0.585. The number of benzene rings is 1. The number of rotatable bonds is 1. The number of nitrogens with zero attached hydrogens (tertiary/aromatic N) is 1. The van der Waals surface area contributed by atoms with E-state index in [1.54, 1.807) is 0 Å². The molecular weight excluding hydrogens is 374 g/mol. The van der Waals surface area contributed by atoms with Crippen LogP contribution in [-0.4, -0.2) is 15.1 Å². The lowest BCUT2D eigenvalue weighted by Crippen LogP contribution is -2.24. The van der Waals surface area contributed by atoms with Crippen molar-refractivity contribution in [3.63, 3.8) is 0 Å². The van der Waals surface area contributed by atoms with E-state index in [2.05, 4.69) is 9.97 Å². The molecule has 0 fully saturated rings. The Kier molecular flexibility index (Phi) is 3.86. The molecule has 0 unspecified atom stereocenters. The van der Waals surface area contributed by atoms with Crippen molar-refractivity contribution in [1.82, 2.24) is 9.97 Å². The molecule has 2 N–H and O–H groups in total. The third kappa shape index (κ3) is 3.00. The molecule has 2 aromatic rings. The smallest absolute Gasteiger partial charge is 0.264 e. The van der Waals surface area contributed by atoms with Crippen molar-refractivity contribution in [2.45, 2.75) is 26.2 Å². The Balaban J connectivity index is 2.70. The normalized spacial score (nSPS) is 11.7. The van der Waals surface area contributed by atoms with Crippen molar-refractivity contribution < 1.29 is 9.50 Å². The van der Waals surface area contributed by atoms with E-state index in [0.717, 1.165) is 6.07 Å². The summed E-state index contributed by atoms with van der Waals surface area (Å²) in [4.78, 5) is 19.0. The second-order valence-corrected chi connectivity index (χ2v) is 6.60. The number of hydrogen-bond acceptors (Lipinski definition) is 3. The first kappa shape index (κ1) is 15.0. The fourth-order valence-electron chi connectivity index (χ4n) is 1.80.